The van der Waals surface area contributed by atoms with E-state index in [9.17, 15) is 28.8 Å². The topological polar surface area (TPSA) is 180 Å². The summed E-state index contributed by atoms with van der Waals surface area (Å²) >= 11 is 0. The maximum absolute atomic E-state index is 13.1. The molecule has 0 saturated carbocycles. The Labute approximate surface area is 228 Å². The van der Waals surface area contributed by atoms with Crippen molar-refractivity contribution in [1.82, 2.24) is 21.3 Å². The number of carbonyl (C=O) groups is 6. The summed E-state index contributed by atoms with van der Waals surface area (Å²) in [5.74, 6) is -3.18. The van der Waals surface area contributed by atoms with Gasteiger partial charge in [0.1, 0.15) is 17.7 Å². The normalized spacial score (nSPS) is 12.4. The summed E-state index contributed by atoms with van der Waals surface area (Å²) in [5.41, 5.74) is 0.175. The molecule has 0 unspecified atom stereocenters. The lowest BCUT2D eigenvalue weighted by atomic mass is 10.0. The minimum Gasteiger partial charge on any atom is -0.481 e. The lowest BCUT2D eigenvalue weighted by Crippen LogP contribution is -2.54. The van der Waals surface area contributed by atoms with Gasteiger partial charge in [-0.05, 0) is 45.6 Å². The number of rotatable bonds is 16. The fourth-order valence-electron chi connectivity index (χ4n) is 3.47. The van der Waals surface area contributed by atoms with Crippen molar-refractivity contribution in [3.8, 4) is 0 Å². The molecule has 2 atom stereocenters. The molecule has 0 heterocycles. The zero-order valence-electron chi connectivity index (χ0n) is 23.0. The molecule has 0 aliphatic carbocycles. The Hall–Kier alpha value is -3.96. The molecule has 39 heavy (non-hydrogen) atoms. The first-order valence-electron chi connectivity index (χ1n) is 12.9. The molecule has 0 radical (unpaired) electrons. The summed E-state index contributed by atoms with van der Waals surface area (Å²) in [5, 5.41) is 19.1. The van der Waals surface area contributed by atoms with Crippen LogP contribution in [0.15, 0.2) is 30.3 Å². The third-order valence-corrected chi connectivity index (χ3v) is 5.27. The van der Waals surface area contributed by atoms with Gasteiger partial charge in [-0.2, -0.15) is 0 Å². The van der Waals surface area contributed by atoms with Crippen LogP contribution in [-0.2, 0) is 35.1 Å². The minimum absolute atomic E-state index is 0.190. The molecule has 0 spiro atoms. The van der Waals surface area contributed by atoms with Crippen molar-refractivity contribution in [2.45, 2.75) is 83.9 Å². The summed E-state index contributed by atoms with van der Waals surface area (Å²) in [4.78, 5) is 72.2. The van der Waals surface area contributed by atoms with E-state index in [-0.39, 0.29) is 38.8 Å². The second-order valence-corrected chi connectivity index (χ2v) is 10.1. The second kappa shape index (κ2) is 16.8. The SMILES string of the molecule is CC(=O)N[C@@H](Cc1ccccc1)C(=O)N[C@@H](CCCCNC(=O)OC(C)(C)C)C(=O)NCC(=O)CCC(=O)O. The van der Waals surface area contributed by atoms with Crippen molar-refractivity contribution in [2.75, 3.05) is 13.1 Å². The average Bonchev–Trinajstić information content (AvgIpc) is 2.83. The molecule has 12 nitrogen and oxygen atoms in total. The van der Waals surface area contributed by atoms with E-state index in [1.807, 2.05) is 18.2 Å². The van der Waals surface area contributed by atoms with E-state index in [0.717, 1.165) is 5.56 Å². The lowest BCUT2D eigenvalue weighted by molar-refractivity contribution is -0.138. The summed E-state index contributed by atoms with van der Waals surface area (Å²) in [6.45, 7) is 6.44. The first-order valence-corrected chi connectivity index (χ1v) is 12.9. The van der Waals surface area contributed by atoms with E-state index in [2.05, 4.69) is 21.3 Å². The van der Waals surface area contributed by atoms with Crippen molar-refractivity contribution in [2.24, 2.45) is 0 Å². The van der Waals surface area contributed by atoms with Crippen LogP contribution >= 0.6 is 0 Å². The summed E-state index contributed by atoms with van der Waals surface area (Å²) in [6.07, 6.45) is 0.162. The van der Waals surface area contributed by atoms with Crippen molar-refractivity contribution >= 4 is 35.6 Å². The third-order valence-electron chi connectivity index (χ3n) is 5.27. The number of carboxylic acids is 1. The quantitative estimate of drug-likeness (QED) is 0.193. The number of benzene rings is 1. The number of hydrogen-bond donors (Lipinski definition) is 5. The van der Waals surface area contributed by atoms with Crippen LogP contribution in [0.4, 0.5) is 4.79 Å². The van der Waals surface area contributed by atoms with Gasteiger partial charge in [0.15, 0.2) is 5.78 Å². The molecule has 216 valence electrons. The van der Waals surface area contributed by atoms with Crippen LogP contribution in [0.2, 0.25) is 0 Å². The molecule has 0 saturated heterocycles. The Morgan fingerprint density at radius 3 is 2.13 bits per heavy atom. The van der Waals surface area contributed by atoms with Crippen molar-refractivity contribution in [3.05, 3.63) is 35.9 Å². The van der Waals surface area contributed by atoms with Gasteiger partial charge in [-0.15, -0.1) is 0 Å². The number of aliphatic carboxylic acids is 1. The Morgan fingerprint density at radius 1 is 0.872 bits per heavy atom. The van der Waals surface area contributed by atoms with E-state index in [0.29, 0.717) is 12.8 Å². The summed E-state index contributed by atoms with van der Waals surface area (Å²) in [7, 11) is 0. The molecule has 0 aromatic heterocycles. The number of alkyl carbamates (subject to hydrolysis) is 1. The summed E-state index contributed by atoms with van der Waals surface area (Å²) in [6, 6.07) is 7.10. The van der Waals surface area contributed by atoms with Gasteiger partial charge in [-0.1, -0.05) is 30.3 Å². The lowest BCUT2D eigenvalue weighted by Gasteiger charge is -2.23. The van der Waals surface area contributed by atoms with Gasteiger partial charge in [0, 0.05) is 26.3 Å². The molecule has 0 aliphatic rings. The van der Waals surface area contributed by atoms with Crippen molar-refractivity contribution < 1.29 is 38.6 Å². The molecule has 0 fully saturated rings. The third kappa shape index (κ3) is 15.8. The number of ether oxygens (including phenoxy) is 1. The molecule has 1 rings (SSSR count). The van der Waals surface area contributed by atoms with E-state index < -0.39 is 53.3 Å². The number of carbonyl (C=O) groups excluding carboxylic acids is 5. The van der Waals surface area contributed by atoms with Gasteiger partial charge in [-0.25, -0.2) is 4.79 Å². The fourth-order valence-corrected chi connectivity index (χ4v) is 3.47. The van der Waals surface area contributed by atoms with Crippen LogP contribution in [0.25, 0.3) is 0 Å². The molecule has 0 aliphatic heterocycles. The van der Waals surface area contributed by atoms with Crippen LogP contribution in [0, 0.1) is 0 Å². The zero-order valence-corrected chi connectivity index (χ0v) is 23.0. The number of unbranched alkanes of at least 4 members (excludes halogenated alkanes) is 1. The zero-order chi connectivity index (χ0) is 29.4. The largest absolute Gasteiger partial charge is 0.481 e. The van der Waals surface area contributed by atoms with E-state index >= 15 is 0 Å². The highest BCUT2D eigenvalue weighted by Gasteiger charge is 2.26. The van der Waals surface area contributed by atoms with Gasteiger partial charge in [-0.3, -0.25) is 24.0 Å². The van der Waals surface area contributed by atoms with Crippen LogP contribution < -0.4 is 21.3 Å². The van der Waals surface area contributed by atoms with Gasteiger partial charge in [0.2, 0.25) is 17.7 Å². The maximum Gasteiger partial charge on any atom is 0.407 e. The first-order chi connectivity index (χ1) is 18.3. The Balaban J connectivity index is 2.82. The molecular formula is C27H40N4O8. The Bertz CT molecular complexity index is 991. The van der Waals surface area contributed by atoms with E-state index in [1.54, 1.807) is 32.9 Å². The maximum atomic E-state index is 13.1. The minimum atomic E-state index is -1.12. The predicted octanol–water partition coefficient (Wildman–Crippen LogP) is 1.46. The fraction of sp³-hybridized carbons (Fsp3) is 0.556. The smallest absolute Gasteiger partial charge is 0.407 e. The number of carboxylic acid groups (broad SMARTS) is 1. The van der Waals surface area contributed by atoms with Crippen LogP contribution in [0.1, 0.15) is 65.4 Å². The van der Waals surface area contributed by atoms with Crippen LogP contribution in [-0.4, -0.2) is 71.4 Å². The number of Topliss-reactive ketones (excluding diaryl/α,β-unsaturated/α-hetero) is 1. The predicted molar refractivity (Wildman–Crippen MR) is 143 cm³/mol. The highest BCUT2D eigenvalue weighted by molar-refractivity contribution is 5.93. The molecule has 1 aromatic rings. The van der Waals surface area contributed by atoms with Gasteiger partial charge in [0.05, 0.1) is 13.0 Å². The van der Waals surface area contributed by atoms with Crippen LogP contribution in [0.3, 0.4) is 0 Å². The summed E-state index contributed by atoms with van der Waals surface area (Å²) < 4.78 is 5.18. The molecule has 5 N–H and O–H groups in total. The van der Waals surface area contributed by atoms with E-state index in [1.165, 1.54) is 6.92 Å². The van der Waals surface area contributed by atoms with E-state index in [4.69, 9.17) is 9.84 Å². The molecule has 4 amide bonds. The van der Waals surface area contributed by atoms with Gasteiger partial charge in [0.25, 0.3) is 0 Å². The number of ketones is 1. The first kappa shape index (κ1) is 33.1. The van der Waals surface area contributed by atoms with Gasteiger partial charge >= 0.3 is 12.1 Å². The van der Waals surface area contributed by atoms with Crippen LogP contribution in [0.5, 0.6) is 0 Å². The Morgan fingerprint density at radius 2 is 1.54 bits per heavy atom. The van der Waals surface area contributed by atoms with Crippen molar-refractivity contribution in [1.29, 1.82) is 0 Å². The van der Waals surface area contributed by atoms with Gasteiger partial charge < -0.3 is 31.1 Å². The number of amides is 4. The van der Waals surface area contributed by atoms with Crippen molar-refractivity contribution in [3.63, 3.8) is 0 Å². The Kier molecular flexibility index (Phi) is 14.2. The highest BCUT2D eigenvalue weighted by Crippen LogP contribution is 2.08. The average molecular weight is 549 g/mol. The molecule has 0 bridgehead atoms. The monoisotopic (exact) mass is 548 g/mol. The standard InChI is InChI=1S/C27H40N4O8/c1-18(32)30-22(16-19-10-6-5-7-11-19)25(37)31-21(24(36)29-17-20(33)13-14-23(34)35)12-8-9-15-28-26(38)39-27(2,3)4/h5-7,10-11,21-22H,8-9,12-17H2,1-4H3,(H,28,38)(H,29,36)(H,30,32)(H,31,37)(H,34,35)/t21-,22-/m0/s1. The molecule has 1 aromatic carbocycles. The number of hydrogen-bond acceptors (Lipinski definition) is 7. The molecular weight excluding hydrogens is 508 g/mol. The number of nitrogens with one attached hydrogen (secondary N) is 4. The molecule has 12 heteroatoms. The highest BCUT2D eigenvalue weighted by atomic mass is 16.6. The second-order valence-electron chi connectivity index (χ2n) is 10.1.